The summed E-state index contributed by atoms with van der Waals surface area (Å²) >= 11 is 0. The summed E-state index contributed by atoms with van der Waals surface area (Å²) in [5.74, 6) is 0.693. The van der Waals surface area contributed by atoms with Gasteiger partial charge in [0.2, 0.25) is 5.91 Å². The summed E-state index contributed by atoms with van der Waals surface area (Å²) in [6.07, 6.45) is 2.52. The van der Waals surface area contributed by atoms with Crippen molar-refractivity contribution in [1.82, 2.24) is 10.6 Å². The fraction of sp³-hybridized carbons (Fsp3) is 0.500. The Balaban J connectivity index is 0.00000242. The van der Waals surface area contributed by atoms with Gasteiger partial charge in [0.1, 0.15) is 5.69 Å². The van der Waals surface area contributed by atoms with Crippen molar-refractivity contribution in [3.8, 4) is 0 Å². The summed E-state index contributed by atoms with van der Waals surface area (Å²) < 4.78 is 0. The number of nitro groups is 1. The van der Waals surface area contributed by atoms with E-state index < -0.39 is 4.92 Å². The second-order valence-corrected chi connectivity index (χ2v) is 5.13. The molecule has 0 aliphatic heterocycles. The standard InChI is InChI=1S/C14H20N4O3.ClH/c19-14(10-15-9-11-5-6-11)17-8-7-16-12-3-1-2-4-13(12)18(20)21;/h1-4,11,15-16H,5-10H2,(H,17,19);1H. The minimum atomic E-state index is -0.428. The molecule has 0 spiro atoms. The Kier molecular flexibility index (Phi) is 7.62. The zero-order valence-corrected chi connectivity index (χ0v) is 13.0. The SMILES string of the molecule is Cl.O=C(CNCC1CC1)NCCNc1ccccc1[N+](=O)[O-]. The van der Waals surface area contributed by atoms with Crippen molar-refractivity contribution in [3.05, 3.63) is 34.4 Å². The molecule has 0 heterocycles. The van der Waals surface area contributed by atoms with E-state index in [1.807, 2.05) is 0 Å². The third-order valence-corrected chi connectivity index (χ3v) is 3.28. The number of nitro benzene ring substituents is 1. The number of hydrogen-bond acceptors (Lipinski definition) is 5. The van der Waals surface area contributed by atoms with Gasteiger partial charge in [-0.15, -0.1) is 12.4 Å². The van der Waals surface area contributed by atoms with Crippen molar-refractivity contribution in [2.75, 3.05) is 31.5 Å². The molecule has 0 atom stereocenters. The van der Waals surface area contributed by atoms with E-state index in [9.17, 15) is 14.9 Å². The van der Waals surface area contributed by atoms with Crippen LogP contribution < -0.4 is 16.0 Å². The van der Waals surface area contributed by atoms with Crippen LogP contribution in [0.4, 0.5) is 11.4 Å². The van der Waals surface area contributed by atoms with E-state index in [1.165, 1.54) is 18.9 Å². The van der Waals surface area contributed by atoms with Gasteiger partial charge in [-0.3, -0.25) is 14.9 Å². The van der Waals surface area contributed by atoms with Gasteiger partial charge in [-0.1, -0.05) is 12.1 Å². The predicted molar refractivity (Wildman–Crippen MR) is 87.4 cm³/mol. The van der Waals surface area contributed by atoms with Crippen LogP contribution in [-0.2, 0) is 4.79 Å². The molecule has 1 saturated carbocycles. The second-order valence-electron chi connectivity index (χ2n) is 5.13. The minimum Gasteiger partial charge on any atom is -0.378 e. The molecule has 1 amide bonds. The summed E-state index contributed by atoms with van der Waals surface area (Å²) in [6, 6.07) is 6.45. The van der Waals surface area contributed by atoms with Gasteiger partial charge in [-0.05, 0) is 31.4 Å². The molecule has 122 valence electrons. The molecule has 8 heteroatoms. The summed E-state index contributed by atoms with van der Waals surface area (Å²) in [5, 5.41) is 19.7. The number of nitrogens with zero attached hydrogens (tertiary/aromatic N) is 1. The average molecular weight is 329 g/mol. The molecule has 0 radical (unpaired) electrons. The zero-order valence-electron chi connectivity index (χ0n) is 12.2. The number of carbonyl (C=O) groups is 1. The number of amides is 1. The molecule has 1 aliphatic rings. The monoisotopic (exact) mass is 328 g/mol. The quantitative estimate of drug-likeness (QED) is 0.363. The van der Waals surface area contributed by atoms with E-state index >= 15 is 0 Å². The predicted octanol–water partition coefficient (Wildman–Crippen LogP) is 1.54. The van der Waals surface area contributed by atoms with Crippen molar-refractivity contribution in [3.63, 3.8) is 0 Å². The maximum absolute atomic E-state index is 11.5. The molecule has 0 saturated heterocycles. The second kappa shape index (κ2) is 9.22. The lowest BCUT2D eigenvalue weighted by Crippen LogP contribution is -2.37. The highest BCUT2D eigenvalue weighted by atomic mass is 35.5. The van der Waals surface area contributed by atoms with Crippen molar-refractivity contribution in [2.24, 2.45) is 5.92 Å². The minimum absolute atomic E-state index is 0. The first-order valence-electron chi connectivity index (χ1n) is 7.11. The molecule has 1 aromatic rings. The van der Waals surface area contributed by atoms with Crippen LogP contribution in [-0.4, -0.2) is 37.0 Å². The molecule has 1 fully saturated rings. The fourth-order valence-electron chi connectivity index (χ4n) is 1.96. The molecule has 1 aromatic carbocycles. The summed E-state index contributed by atoms with van der Waals surface area (Å²) in [4.78, 5) is 21.9. The third-order valence-electron chi connectivity index (χ3n) is 3.28. The lowest BCUT2D eigenvalue weighted by atomic mass is 10.2. The van der Waals surface area contributed by atoms with Crippen LogP contribution >= 0.6 is 12.4 Å². The number of para-hydroxylation sites is 2. The number of benzene rings is 1. The average Bonchev–Trinajstić information content (AvgIpc) is 3.28. The first kappa shape index (κ1) is 18.2. The number of anilines is 1. The Morgan fingerprint density at radius 1 is 1.27 bits per heavy atom. The molecule has 22 heavy (non-hydrogen) atoms. The maximum Gasteiger partial charge on any atom is 0.292 e. The van der Waals surface area contributed by atoms with E-state index in [4.69, 9.17) is 0 Å². The van der Waals surface area contributed by atoms with Crippen LogP contribution in [0.1, 0.15) is 12.8 Å². The molecular formula is C14H21ClN4O3. The molecule has 0 unspecified atom stereocenters. The number of carbonyl (C=O) groups excluding carboxylic acids is 1. The van der Waals surface area contributed by atoms with E-state index in [0.29, 0.717) is 25.3 Å². The molecule has 0 aromatic heterocycles. The topological polar surface area (TPSA) is 96.3 Å². The number of nitrogens with one attached hydrogen (secondary N) is 3. The van der Waals surface area contributed by atoms with E-state index in [2.05, 4.69) is 16.0 Å². The smallest absolute Gasteiger partial charge is 0.292 e. The Hall–Kier alpha value is -1.86. The van der Waals surface area contributed by atoms with Crippen LogP contribution in [0.25, 0.3) is 0 Å². The molecule has 0 bridgehead atoms. The van der Waals surface area contributed by atoms with Crippen molar-refractivity contribution >= 4 is 29.7 Å². The van der Waals surface area contributed by atoms with Gasteiger partial charge in [0.05, 0.1) is 11.5 Å². The van der Waals surface area contributed by atoms with Crippen LogP contribution in [0.3, 0.4) is 0 Å². The number of hydrogen-bond donors (Lipinski definition) is 3. The molecule has 3 N–H and O–H groups in total. The largest absolute Gasteiger partial charge is 0.378 e. The van der Waals surface area contributed by atoms with Gasteiger partial charge in [-0.2, -0.15) is 0 Å². The Bertz CT molecular complexity index is 509. The van der Waals surface area contributed by atoms with Gasteiger partial charge in [0.15, 0.2) is 0 Å². The van der Waals surface area contributed by atoms with E-state index in [-0.39, 0.29) is 24.0 Å². The van der Waals surface area contributed by atoms with Gasteiger partial charge >= 0.3 is 0 Å². The van der Waals surface area contributed by atoms with Gasteiger partial charge in [-0.25, -0.2) is 0 Å². The van der Waals surface area contributed by atoms with Crippen molar-refractivity contribution in [2.45, 2.75) is 12.8 Å². The molecule has 2 rings (SSSR count). The van der Waals surface area contributed by atoms with Gasteiger partial charge < -0.3 is 16.0 Å². The summed E-state index contributed by atoms with van der Waals surface area (Å²) in [5.41, 5.74) is 0.499. The number of halogens is 1. The molecular weight excluding hydrogens is 308 g/mol. The van der Waals surface area contributed by atoms with Crippen LogP contribution in [0.5, 0.6) is 0 Å². The van der Waals surface area contributed by atoms with Crippen molar-refractivity contribution < 1.29 is 9.72 Å². The fourth-order valence-corrected chi connectivity index (χ4v) is 1.96. The summed E-state index contributed by atoms with van der Waals surface area (Å²) in [7, 11) is 0. The van der Waals surface area contributed by atoms with Crippen molar-refractivity contribution in [1.29, 1.82) is 0 Å². The molecule has 1 aliphatic carbocycles. The molecule has 7 nitrogen and oxygen atoms in total. The van der Waals surface area contributed by atoms with Gasteiger partial charge in [0.25, 0.3) is 5.69 Å². The lowest BCUT2D eigenvalue weighted by Gasteiger charge is -2.08. The highest BCUT2D eigenvalue weighted by molar-refractivity contribution is 5.85. The highest BCUT2D eigenvalue weighted by Gasteiger charge is 2.20. The summed E-state index contributed by atoms with van der Waals surface area (Å²) in [6.45, 7) is 2.10. The van der Waals surface area contributed by atoms with Crippen LogP contribution in [0.15, 0.2) is 24.3 Å². The Morgan fingerprint density at radius 3 is 2.68 bits per heavy atom. The first-order valence-corrected chi connectivity index (χ1v) is 7.11. The Labute approximate surface area is 135 Å². The normalized spacial score (nSPS) is 13.1. The van der Waals surface area contributed by atoms with Crippen LogP contribution in [0.2, 0.25) is 0 Å². The lowest BCUT2D eigenvalue weighted by molar-refractivity contribution is -0.384. The van der Waals surface area contributed by atoms with Crippen LogP contribution in [0, 0.1) is 16.0 Å². The highest BCUT2D eigenvalue weighted by Crippen LogP contribution is 2.27. The third kappa shape index (κ3) is 6.28. The zero-order chi connectivity index (χ0) is 15.1. The Morgan fingerprint density at radius 2 is 2.00 bits per heavy atom. The first-order chi connectivity index (χ1) is 10.2. The van der Waals surface area contributed by atoms with Gasteiger partial charge in [0, 0.05) is 19.2 Å². The van der Waals surface area contributed by atoms with E-state index in [0.717, 1.165) is 12.5 Å². The maximum atomic E-state index is 11.5. The van der Waals surface area contributed by atoms with E-state index in [1.54, 1.807) is 18.2 Å². The number of rotatable bonds is 9.